The molecule has 0 bridgehead atoms. The topological polar surface area (TPSA) is 42.0 Å². The molecule has 0 spiro atoms. The highest BCUT2D eigenvalue weighted by Crippen LogP contribution is 2.29. The van der Waals surface area contributed by atoms with Gasteiger partial charge in [-0.3, -0.25) is 4.79 Å². The highest BCUT2D eigenvalue weighted by molar-refractivity contribution is 7.12. The van der Waals surface area contributed by atoms with Gasteiger partial charge < -0.3 is 5.32 Å². The van der Waals surface area contributed by atoms with Gasteiger partial charge in [-0.15, -0.1) is 11.3 Å². The average molecular weight is 336 g/mol. The number of aryl methyl sites for hydroxylation is 3. The Balaban J connectivity index is 1.81. The summed E-state index contributed by atoms with van der Waals surface area (Å²) in [4.78, 5) is 18.1. The number of para-hydroxylation sites is 1. The van der Waals surface area contributed by atoms with Crippen LogP contribution in [0.3, 0.4) is 0 Å². The van der Waals surface area contributed by atoms with Crippen LogP contribution in [0.1, 0.15) is 21.0 Å². The predicted molar refractivity (Wildman–Crippen MR) is 101 cm³/mol. The molecule has 1 amide bonds. The van der Waals surface area contributed by atoms with Crippen molar-refractivity contribution in [2.24, 2.45) is 0 Å². The summed E-state index contributed by atoms with van der Waals surface area (Å²) in [5.41, 5.74) is 5.11. The smallest absolute Gasteiger partial charge is 0.229 e. The highest BCUT2D eigenvalue weighted by Gasteiger charge is 2.15. The fourth-order valence-corrected chi connectivity index (χ4v) is 3.54. The van der Waals surface area contributed by atoms with Crippen LogP contribution >= 0.6 is 11.3 Å². The van der Waals surface area contributed by atoms with Crippen molar-refractivity contribution in [2.75, 3.05) is 5.32 Å². The van der Waals surface area contributed by atoms with Gasteiger partial charge in [0.15, 0.2) is 0 Å². The van der Waals surface area contributed by atoms with E-state index in [0.717, 1.165) is 32.4 Å². The molecule has 1 aromatic heterocycles. The zero-order chi connectivity index (χ0) is 17.1. The molecule has 1 N–H and O–H groups in total. The number of hydrogen-bond donors (Lipinski definition) is 1. The van der Waals surface area contributed by atoms with Crippen molar-refractivity contribution in [1.82, 2.24) is 4.98 Å². The molecular weight excluding hydrogens is 316 g/mol. The molecule has 0 saturated heterocycles. The number of amides is 1. The second-order valence-electron chi connectivity index (χ2n) is 5.91. The molecule has 0 aliphatic carbocycles. The number of carbonyl (C=O) groups is 1. The lowest BCUT2D eigenvalue weighted by atomic mass is 10.1. The number of rotatable bonds is 4. The zero-order valence-electron chi connectivity index (χ0n) is 14.1. The first-order valence-corrected chi connectivity index (χ1v) is 8.73. The first-order valence-electron chi connectivity index (χ1n) is 7.92. The van der Waals surface area contributed by atoms with Gasteiger partial charge in [-0.1, -0.05) is 48.0 Å². The molecule has 0 fully saturated rings. The number of benzene rings is 2. The molecule has 2 aromatic carbocycles. The Bertz CT molecular complexity index is 866. The number of nitrogens with zero attached hydrogens (tertiary/aromatic N) is 1. The van der Waals surface area contributed by atoms with Crippen LogP contribution in [-0.4, -0.2) is 10.9 Å². The van der Waals surface area contributed by atoms with Gasteiger partial charge in [0.25, 0.3) is 0 Å². The van der Waals surface area contributed by atoms with E-state index in [0.29, 0.717) is 6.42 Å². The van der Waals surface area contributed by atoms with Gasteiger partial charge in [-0.25, -0.2) is 4.98 Å². The number of hydrogen-bond acceptors (Lipinski definition) is 3. The van der Waals surface area contributed by atoms with Crippen LogP contribution in [0.15, 0.2) is 48.5 Å². The van der Waals surface area contributed by atoms with Crippen molar-refractivity contribution >= 4 is 22.9 Å². The fourth-order valence-electron chi connectivity index (χ4n) is 2.58. The third kappa shape index (κ3) is 3.71. The van der Waals surface area contributed by atoms with Crippen molar-refractivity contribution < 1.29 is 4.79 Å². The minimum absolute atomic E-state index is 0.0127. The Morgan fingerprint density at radius 2 is 1.75 bits per heavy atom. The molecule has 3 nitrogen and oxygen atoms in total. The summed E-state index contributed by atoms with van der Waals surface area (Å²) >= 11 is 1.58. The molecule has 122 valence electrons. The van der Waals surface area contributed by atoms with Crippen molar-refractivity contribution in [2.45, 2.75) is 27.2 Å². The summed E-state index contributed by atoms with van der Waals surface area (Å²) < 4.78 is 0. The van der Waals surface area contributed by atoms with Crippen molar-refractivity contribution in [3.8, 4) is 11.3 Å². The highest BCUT2D eigenvalue weighted by atomic mass is 32.1. The van der Waals surface area contributed by atoms with Crippen LogP contribution in [-0.2, 0) is 11.2 Å². The lowest BCUT2D eigenvalue weighted by Crippen LogP contribution is -2.14. The van der Waals surface area contributed by atoms with E-state index in [2.05, 4.69) is 41.5 Å². The van der Waals surface area contributed by atoms with E-state index in [1.807, 2.05) is 38.1 Å². The Labute approximate surface area is 146 Å². The number of thiazole rings is 1. The molecule has 0 aliphatic heterocycles. The van der Waals surface area contributed by atoms with E-state index in [9.17, 15) is 4.79 Å². The average Bonchev–Trinajstić information content (AvgIpc) is 2.90. The van der Waals surface area contributed by atoms with Crippen LogP contribution in [0.5, 0.6) is 0 Å². The van der Waals surface area contributed by atoms with Crippen molar-refractivity contribution in [3.05, 3.63) is 69.5 Å². The molecular formula is C20H20N2OS. The molecule has 24 heavy (non-hydrogen) atoms. The van der Waals surface area contributed by atoms with Gasteiger partial charge in [0.1, 0.15) is 0 Å². The molecule has 0 atom stereocenters. The predicted octanol–water partition coefficient (Wildman–Crippen LogP) is 4.92. The standard InChI is InChI=1S/C20H20N2OS/c1-13-8-10-16(11-9-13)20-18(24-15(3)21-20)12-19(23)22-17-7-5-4-6-14(17)2/h4-11H,12H2,1-3H3,(H,22,23). The van der Waals surface area contributed by atoms with Gasteiger partial charge in [0.2, 0.25) is 5.91 Å². The van der Waals surface area contributed by atoms with Crippen LogP contribution in [0.4, 0.5) is 5.69 Å². The minimum atomic E-state index is -0.0127. The zero-order valence-corrected chi connectivity index (χ0v) is 14.9. The minimum Gasteiger partial charge on any atom is -0.326 e. The van der Waals surface area contributed by atoms with E-state index in [-0.39, 0.29) is 5.91 Å². The Hall–Kier alpha value is -2.46. The molecule has 3 aromatic rings. The fraction of sp³-hybridized carbons (Fsp3) is 0.200. The SMILES string of the molecule is Cc1ccc(-c2nc(C)sc2CC(=O)Nc2ccccc2C)cc1. The van der Waals surface area contributed by atoms with Crippen LogP contribution in [0.2, 0.25) is 0 Å². The van der Waals surface area contributed by atoms with Crippen LogP contribution in [0, 0.1) is 20.8 Å². The molecule has 4 heteroatoms. The second-order valence-corrected chi connectivity index (χ2v) is 7.20. The van der Waals surface area contributed by atoms with E-state index < -0.39 is 0 Å². The van der Waals surface area contributed by atoms with Gasteiger partial charge >= 0.3 is 0 Å². The third-order valence-electron chi connectivity index (χ3n) is 3.87. The van der Waals surface area contributed by atoms with Crippen LogP contribution < -0.4 is 5.32 Å². The maximum absolute atomic E-state index is 12.4. The number of carbonyl (C=O) groups excluding carboxylic acids is 1. The van der Waals surface area contributed by atoms with Gasteiger partial charge in [-0.05, 0) is 32.4 Å². The Kier molecular flexibility index (Phi) is 4.76. The summed E-state index contributed by atoms with van der Waals surface area (Å²) in [6, 6.07) is 16.1. The number of nitrogens with one attached hydrogen (secondary N) is 1. The second kappa shape index (κ2) is 6.97. The first-order chi connectivity index (χ1) is 11.5. The molecule has 1 heterocycles. The summed E-state index contributed by atoms with van der Waals surface area (Å²) in [5.74, 6) is -0.0127. The normalized spacial score (nSPS) is 10.6. The summed E-state index contributed by atoms with van der Waals surface area (Å²) in [5, 5.41) is 3.97. The summed E-state index contributed by atoms with van der Waals surface area (Å²) in [6.07, 6.45) is 0.336. The Morgan fingerprint density at radius 1 is 1.04 bits per heavy atom. The van der Waals surface area contributed by atoms with Gasteiger partial charge in [-0.2, -0.15) is 0 Å². The Morgan fingerprint density at radius 3 is 2.46 bits per heavy atom. The van der Waals surface area contributed by atoms with E-state index in [1.54, 1.807) is 11.3 Å². The molecule has 0 radical (unpaired) electrons. The summed E-state index contributed by atoms with van der Waals surface area (Å²) in [7, 11) is 0. The van der Waals surface area contributed by atoms with E-state index >= 15 is 0 Å². The first kappa shape index (κ1) is 16.4. The molecule has 0 saturated carbocycles. The molecule has 0 aliphatic rings. The lowest BCUT2D eigenvalue weighted by Gasteiger charge is -2.08. The maximum atomic E-state index is 12.4. The van der Waals surface area contributed by atoms with Gasteiger partial charge in [0, 0.05) is 16.1 Å². The maximum Gasteiger partial charge on any atom is 0.229 e. The van der Waals surface area contributed by atoms with Crippen LogP contribution in [0.25, 0.3) is 11.3 Å². The van der Waals surface area contributed by atoms with E-state index in [1.165, 1.54) is 5.56 Å². The molecule has 3 rings (SSSR count). The number of aromatic nitrogens is 1. The monoisotopic (exact) mass is 336 g/mol. The summed E-state index contributed by atoms with van der Waals surface area (Å²) in [6.45, 7) is 6.03. The third-order valence-corrected chi connectivity index (χ3v) is 4.84. The lowest BCUT2D eigenvalue weighted by molar-refractivity contribution is -0.115. The largest absolute Gasteiger partial charge is 0.326 e. The van der Waals surface area contributed by atoms with Gasteiger partial charge in [0.05, 0.1) is 17.1 Å². The van der Waals surface area contributed by atoms with Crippen molar-refractivity contribution in [3.63, 3.8) is 0 Å². The van der Waals surface area contributed by atoms with E-state index in [4.69, 9.17) is 0 Å². The quantitative estimate of drug-likeness (QED) is 0.735. The number of anilines is 1. The van der Waals surface area contributed by atoms with Crippen molar-refractivity contribution in [1.29, 1.82) is 0 Å². The molecule has 0 unspecified atom stereocenters.